The molecule has 0 amide bonds. The first kappa shape index (κ1) is 11.5. The van der Waals surface area contributed by atoms with Gasteiger partial charge in [-0.2, -0.15) is 0 Å². The zero-order chi connectivity index (χ0) is 13.1. The van der Waals surface area contributed by atoms with Gasteiger partial charge in [0.15, 0.2) is 5.84 Å². The summed E-state index contributed by atoms with van der Waals surface area (Å²) in [6.07, 6.45) is 1.99. The lowest BCUT2D eigenvalue weighted by Gasteiger charge is -2.24. The number of hydrogen-bond donors (Lipinski definition) is 1. The fourth-order valence-electron chi connectivity index (χ4n) is 2.03. The van der Waals surface area contributed by atoms with E-state index >= 15 is 0 Å². The number of hydrazine groups is 1. The Morgan fingerprint density at radius 1 is 0.842 bits per heavy atom. The van der Waals surface area contributed by atoms with Gasteiger partial charge in [0.25, 0.3) is 0 Å². The fraction of sp³-hybridized carbons (Fsp3) is 0.0625. The standard InChI is InChI=1S/C16H15N3/c1-19-12-15(13-8-4-2-5-9-13)17-16(18-19)14-10-6-3-7-11-14/h2-12H,1H3,(H,17,18). The fourth-order valence-corrected chi connectivity index (χ4v) is 2.03. The third kappa shape index (κ3) is 2.50. The molecule has 0 aromatic heterocycles. The van der Waals surface area contributed by atoms with Crippen molar-refractivity contribution in [2.45, 2.75) is 0 Å². The quantitative estimate of drug-likeness (QED) is 0.886. The highest BCUT2D eigenvalue weighted by Gasteiger charge is 2.12. The normalized spacial score (nSPS) is 14.5. The lowest BCUT2D eigenvalue weighted by Crippen LogP contribution is -2.38. The van der Waals surface area contributed by atoms with Gasteiger partial charge in [-0.05, 0) is 0 Å². The van der Waals surface area contributed by atoms with Gasteiger partial charge in [0.1, 0.15) is 0 Å². The summed E-state index contributed by atoms with van der Waals surface area (Å²) in [5, 5.41) is 1.93. The molecule has 0 aliphatic carbocycles. The van der Waals surface area contributed by atoms with E-state index in [4.69, 9.17) is 4.99 Å². The van der Waals surface area contributed by atoms with Crippen LogP contribution in [0.5, 0.6) is 0 Å². The van der Waals surface area contributed by atoms with Gasteiger partial charge in [-0.1, -0.05) is 60.7 Å². The van der Waals surface area contributed by atoms with Gasteiger partial charge in [-0.3, -0.25) is 10.4 Å². The average molecular weight is 249 g/mol. The van der Waals surface area contributed by atoms with Crippen LogP contribution in [0.3, 0.4) is 0 Å². The van der Waals surface area contributed by atoms with Crippen LogP contribution in [0.25, 0.3) is 5.70 Å². The molecule has 1 heterocycles. The van der Waals surface area contributed by atoms with Crippen LogP contribution in [0.1, 0.15) is 11.1 Å². The topological polar surface area (TPSA) is 27.6 Å². The van der Waals surface area contributed by atoms with Gasteiger partial charge in [-0.15, -0.1) is 0 Å². The van der Waals surface area contributed by atoms with Gasteiger partial charge in [-0.25, -0.2) is 4.99 Å². The molecule has 1 N–H and O–H groups in total. The van der Waals surface area contributed by atoms with Crippen LogP contribution in [0.2, 0.25) is 0 Å². The van der Waals surface area contributed by atoms with E-state index < -0.39 is 0 Å². The van der Waals surface area contributed by atoms with Gasteiger partial charge >= 0.3 is 0 Å². The van der Waals surface area contributed by atoms with Crippen LogP contribution < -0.4 is 5.43 Å². The molecular formula is C16H15N3. The molecular weight excluding hydrogens is 234 g/mol. The van der Waals surface area contributed by atoms with E-state index in [0.29, 0.717) is 0 Å². The van der Waals surface area contributed by atoms with Crippen LogP contribution in [0.4, 0.5) is 0 Å². The maximum absolute atomic E-state index is 4.70. The molecule has 19 heavy (non-hydrogen) atoms. The Morgan fingerprint density at radius 3 is 2.05 bits per heavy atom. The van der Waals surface area contributed by atoms with Gasteiger partial charge in [0.05, 0.1) is 5.70 Å². The summed E-state index contributed by atoms with van der Waals surface area (Å²) in [5.41, 5.74) is 6.39. The SMILES string of the molecule is CN1C=C(c2ccccc2)N=C(c2ccccc2)N1. The van der Waals surface area contributed by atoms with Crippen LogP contribution >= 0.6 is 0 Å². The molecule has 0 saturated heterocycles. The molecule has 0 bridgehead atoms. The molecule has 2 aromatic rings. The Morgan fingerprint density at radius 2 is 1.42 bits per heavy atom. The second kappa shape index (κ2) is 4.98. The number of amidine groups is 1. The first-order valence-corrected chi connectivity index (χ1v) is 6.24. The van der Waals surface area contributed by atoms with Crippen LogP contribution in [0, 0.1) is 0 Å². The Labute approximate surface area is 112 Å². The van der Waals surface area contributed by atoms with Gasteiger partial charge in [0.2, 0.25) is 0 Å². The highest BCUT2D eigenvalue weighted by atomic mass is 15.5. The van der Waals surface area contributed by atoms with E-state index in [2.05, 4.69) is 17.6 Å². The largest absolute Gasteiger partial charge is 0.295 e. The summed E-state index contributed by atoms with van der Waals surface area (Å²) in [5.74, 6) is 0.865. The second-order valence-corrected chi connectivity index (χ2v) is 4.43. The molecule has 0 atom stereocenters. The summed E-state index contributed by atoms with van der Waals surface area (Å²) in [4.78, 5) is 4.70. The lowest BCUT2D eigenvalue weighted by molar-refractivity contribution is 0.405. The van der Waals surface area contributed by atoms with Crippen LogP contribution in [0.15, 0.2) is 71.9 Å². The first-order chi connectivity index (χ1) is 9.33. The number of aliphatic imine (C=N–C) groups is 1. The minimum Gasteiger partial charge on any atom is -0.295 e. The van der Waals surface area contributed by atoms with Crippen LogP contribution in [-0.4, -0.2) is 17.9 Å². The van der Waals surface area contributed by atoms with E-state index in [0.717, 1.165) is 22.7 Å². The third-order valence-corrected chi connectivity index (χ3v) is 2.95. The smallest absolute Gasteiger partial charge is 0.152 e. The predicted molar refractivity (Wildman–Crippen MR) is 78.3 cm³/mol. The molecule has 3 heteroatoms. The maximum atomic E-state index is 4.70. The van der Waals surface area contributed by atoms with E-state index in [-0.39, 0.29) is 0 Å². The molecule has 0 saturated carbocycles. The van der Waals surface area contributed by atoms with Crippen molar-refractivity contribution in [3.05, 3.63) is 78.0 Å². The maximum Gasteiger partial charge on any atom is 0.152 e. The van der Waals surface area contributed by atoms with Crippen molar-refractivity contribution in [2.75, 3.05) is 7.05 Å². The van der Waals surface area contributed by atoms with Crippen molar-refractivity contribution >= 4 is 11.5 Å². The van der Waals surface area contributed by atoms with Gasteiger partial charge < -0.3 is 0 Å². The molecule has 0 spiro atoms. The predicted octanol–water partition coefficient (Wildman–Crippen LogP) is 2.88. The molecule has 1 aliphatic heterocycles. The highest BCUT2D eigenvalue weighted by Crippen LogP contribution is 2.19. The third-order valence-electron chi connectivity index (χ3n) is 2.95. The minimum absolute atomic E-state index is 0.865. The summed E-state index contributed by atoms with van der Waals surface area (Å²) in [7, 11) is 1.97. The summed E-state index contributed by atoms with van der Waals surface area (Å²) in [6, 6.07) is 20.3. The number of nitrogens with one attached hydrogen (secondary N) is 1. The van der Waals surface area contributed by atoms with Gasteiger partial charge in [0, 0.05) is 24.4 Å². The number of benzene rings is 2. The molecule has 94 valence electrons. The molecule has 3 rings (SSSR count). The number of rotatable bonds is 2. The molecule has 2 aromatic carbocycles. The zero-order valence-corrected chi connectivity index (χ0v) is 10.7. The summed E-state index contributed by atoms with van der Waals surface area (Å²) in [6.45, 7) is 0. The van der Waals surface area contributed by atoms with Crippen molar-refractivity contribution in [2.24, 2.45) is 4.99 Å². The molecule has 3 nitrogen and oxygen atoms in total. The lowest BCUT2D eigenvalue weighted by atomic mass is 10.1. The van der Waals surface area contributed by atoms with E-state index in [9.17, 15) is 0 Å². The summed E-state index contributed by atoms with van der Waals surface area (Å²) < 4.78 is 0. The Hall–Kier alpha value is -2.55. The zero-order valence-electron chi connectivity index (χ0n) is 10.7. The van der Waals surface area contributed by atoms with Crippen molar-refractivity contribution in [1.29, 1.82) is 0 Å². The Balaban J connectivity index is 2.00. The van der Waals surface area contributed by atoms with E-state index in [1.54, 1.807) is 0 Å². The van der Waals surface area contributed by atoms with Crippen LogP contribution in [-0.2, 0) is 0 Å². The molecule has 0 unspecified atom stereocenters. The molecule has 1 aliphatic rings. The first-order valence-electron chi connectivity index (χ1n) is 6.24. The summed E-state index contributed by atoms with van der Waals surface area (Å²) >= 11 is 0. The Kier molecular flexibility index (Phi) is 3.02. The monoisotopic (exact) mass is 249 g/mol. The Bertz CT molecular complexity index is 615. The van der Waals surface area contributed by atoms with Crippen molar-refractivity contribution in [3.63, 3.8) is 0 Å². The number of hydrogen-bond acceptors (Lipinski definition) is 3. The van der Waals surface area contributed by atoms with E-state index in [1.165, 1.54) is 0 Å². The van der Waals surface area contributed by atoms with Crippen molar-refractivity contribution in [1.82, 2.24) is 10.4 Å². The average Bonchev–Trinajstić information content (AvgIpc) is 2.48. The minimum atomic E-state index is 0.865. The molecule has 0 fully saturated rings. The second-order valence-electron chi connectivity index (χ2n) is 4.43. The van der Waals surface area contributed by atoms with E-state index in [1.807, 2.05) is 66.8 Å². The highest BCUT2D eigenvalue weighted by molar-refractivity contribution is 6.02. The molecule has 0 radical (unpaired) electrons. The van der Waals surface area contributed by atoms with Crippen molar-refractivity contribution in [3.8, 4) is 0 Å². The van der Waals surface area contributed by atoms with Crippen molar-refractivity contribution < 1.29 is 0 Å². The number of nitrogens with zero attached hydrogens (tertiary/aromatic N) is 2.